The van der Waals surface area contributed by atoms with Crippen LogP contribution >= 0.6 is 19.4 Å². The summed E-state index contributed by atoms with van der Waals surface area (Å²) < 4.78 is 31.3. The molecule has 1 aliphatic heterocycles. The van der Waals surface area contributed by atoms with E-state index in [4.69, 9.17) is 25.2 Å². The summed E-state index contributed by atoms with van der Waals surface area (Å²) in [4.78, 5) is 28.7. The quantitative estimate of drug-likeness (QED) is 0.148. The zero-order chi connectivity index (χ0) is 35.9. The number of phosphoric acid groups is 1. The normalized spacial score (nSPS) is 18.6. The number of rotatable bonds is 14. The lowest BCUT2D eigenvalue weighted by Gasteiger charge is -2.51. The van der Waals surface area contributed by atoms with Gasteiger partial charge in [0.25, 0.3) is 0 Å². The van der Waals surface area contributed by atoms with Crippen molar-refractivity contribution >= 4 is 31.4 Å². The summed E-state index contributed by atoms with van der Waals surface area (Å²) >= 11 is 6.08. The van der Waals surface area contributed by atoms with E-state index >= 15 is 0 Å². The summed E-state index contributed by atoms with van der Waals surface area (Å²) in [5, 5.41) is 17.9. The summed E-state index contributed by atoms with van der Waals surface area (Å²) in [5.74, 6) is -0.458. The predicted octanol–water partition coefficient (Wildman–Crippen LogP) is 7.45. The Kier molecular flexibility index (Phi) is 12.7. The van der Waals surface area contributed by atoms with Gasteiger partial charge >= 0.3 is 13.9 Å². The fourth-order valence-corrected chi connectivity index (χ4v) is 7.44. The lowest BCUT2D eigenvalue weighted by atomic mass is 9.66. The summed E-state index contributed by atoms with van der Waals surface area (Å²) in [5.41, 5.74) is -0.688. The van der Waals surface area contributed by atoms with Gasteiger partial charge in [0.15, 0.2) is 0 Å². The van der Waals surface area contributed by atoms with Crippen molar-refractivity contribution in [2.24, 2.45) is 11.3 Å². The van der Waals surface area contributed by atoms with Crippen LogP contribution in [-0.2, 0) is 41.7 Å². The van der Waals surface area contributed by atoms with Crippen molar-refractivity contribution in [1.82, 2.24) is 15.5 Å². The molecule has 1 saturated heterocycles. The molecule has 1 fully saturated rings. The van der Waals surface area contributed by atoms with Crippen LogP contribution in [0.4, 0.5) is 4.79 Å². The Balaban J connectivity index is 1.37. The maximum absolute atomic E-state index is 13.9. The number of carbonyl (C=O) groups is 2. The number of phosphoric ester groups is 1. The third kappa shape index (κ3) is 10.4. The highest BCUT2D eigenvalue weighted by Crippen LogP contribution is 2.54. The van der Waals surface area contributed by atoms with Crippen LogP contribution in [0, 0.1) is 11.3 Å². The van der Waals surface area contributed by atoms with Crippen molar-refractivity contribution in [3.05, 3.63) is 107 Å². The van der Waals surface area contributed by atoms with Gasteiger partial charge in [-0.2, -0.15) is 0 Å². The van der Waals surface area contributed by atoms with E-state index in [0.717, 1.165) is 16.7 Å². The molecule has 1 aliphatic rings. The fourth-order valence-electron chi connectivity index (χ4n) is 5.85. The number of benzene rings is 3. The van der Waals surface area contributed by atoms with Crippen LogP contribution in [0.3, 0.4) is 0 Å². The molecule has 3 aromatic rings. The van der Waals surface area contributed by atoms with Crippen LogP contribution in [0.25, 0.3) is 0 Å². The molecule has 12 heteroatoms. The SMILES string of the molecule is CC(C)C(NC(=O)NCC(C)(C)OP(=O)(OCc1ccccc1)OCc1ccccc1)C(=O)N1CCC(O)(c2ccc(Cl)cc2)C(C)(C)C1. The molecule has 10 nitrogen and oxygen atoms in total. The highest BCUT2D eigenvalue weighted by molar-refractivity contribution is 7.48. The van der Waals surface area contributed by atoms with E-state index in [1.807, 2.05) is 100 Å². The number of likely N-dealkylation sites (tertiary alicyclic amines) is 1. The van der Waals surface area contributed by atoms with Gasteiger partial charge < -0.3 is 20.6 Å². The largest absolute Gasteiger partial charge is 0.476 e. The zero-order valence-corrected chi connectivity index (χ0v) is 30.8. The third-order valence-electron chi connectivity index (χ3n) is 8.80. The lowest BCUT2D eigenvalue weighted by molar-refractivity contribution is -0.155. The van der Waals surface area contributed by atoms with Crippen molar-refractivity contribution in [3.63, 3.8) is 0 Å². The molecule has 266 valence electrons. The first-order chi connectivity index (χ1) is 23.0. The molecule has 0 saturated carbocycles. The second-order valence-electron chi connectivity index (χ2n) is 14.1. The van der Waals surface area contributed by atoms with E-state index in [-0.39, 0.29) is 31.6 Å². The molecular formula is C37H49ClN3O7P. The van der Waals surface area contributed by atoms with Crippen LogP contribution in [-0.4, -0.2) is 53.2 Å². The molecule has 49 heavy (non-hydrogen) atoms. The standard InChI is InChI=1S/C37H49ClN3O7P/c1-27(2)32(33(42)41-22-21-37(44,35(3,4)26-41)30-17-19-31(38)20-18-30)40-34(43)39-25-36(5,6)48-49(45,46-23-28-13-9-7-10-14-28)47-24-29-15-11-8-12-16-29/h7-20,27,32,44H,21-26H2,1-6H3,(H2,39,40,43). The molecule has 2 unspecified atom stereocenters. The smallest absolute Gasteiger partial charge is 0.384 e. The molecule has 0 aliphatic carbocycles. The maximum atomic E-state index is 13.9. The molecule has 4 rings (SSSR count). The van der Waals surface area contributed by atoms with Gasteiger partial charge in [0, 0.05) is 30.1 Å². The summed E-state index contributed by atoms with van der Waals surface area (Å²) in [6, 6.07) is 24.3. The van der Waals surface area contributed by atoms with E-state index in [9.17, 15) is 19.3 Å². The number of aliphatic hydroxyl groups is 1. The molecule has 3 N–H and O–H groups in total. The van der Waals surface area contributed by atoms with Crippen molar-refractivity contribution in [2.75, 3.05) is 19.6 Å². The molecule has 0 radical (unpaired) electrons. The molecule has 0 bridgehead atoms. The number of amides is 3. The first-order valence-corrected chi connectivity index (χ1v) is 18.4. The molecular weight excluding hydrogens is 665 g/mol. The average molecular weight is 714 g/mol. The van der Waals surface area contributed by atoms with E-state index in [2.05, 4.69) is 10.6 Å². The van der Waals surface area contributed by atoms with Gasteiger partial charge in [-0.3, -0.25) is 18.4 Å². The Morgan fingerprint density at radius 2 is 1.47 bits per heavy atom. The van der Waals surface area contributed by atoms with E-state index in [1.54, 1.807) is 30.9 Å². The summed E-state index contributed by atoms with van der Waals surface area (Å²) in [6.45, 7) is 11.5. The molecule has 0 aromatic heterocycles. The van der Waals surface area contributed by atoms with E-state index < -0.39 is 36.5 Å². The van der Waals surface area contributed by atoms with E-state index in [0.29, 0.717) is 24.5 Å². The van der Waals surface area contributed by atoms with Crippen LogP contribution in [0.5, 0.6) is 0 Å². The number of urea groups is 1. The predicted molar refractivity (Wildman–Crippen MR) is 191 cm³/mol. The number of hydrogen-bond donors (Lipinski definition) is 3. The van der Waals surface area contributed by atoms with Crippen LogP contribution in [0.15, 0.2) is 84.9 Å². The zero-order valence-electron chi connectivity index (χ0n) is 29.1. The number of carbonyl (C=O) groups excluding carboxylic acids is 2. The minimum Gasteiger partial charge on any atom is -0.384 e. The number of hydrogen-bond acceptors (Lipinski definition) is 7. The summed E-state index contributed by atoms with van der Waals surface area (Å²) in [6.07, 6.45) is 0.328. The monoisotopic (exact) mass is 713 g/mol. The van der Waals surface area contributed by atoms with Crippen molar-refractivity contribution < 1.29 is 32.8 Å². The van der Waals surface area contributed by atoms with Crippen molar-refractivity contribution in [3.8, 4) is 0 Å². The van der Waals surface area contributed by atoms with Gasteiger partial charge in [0.2, 0.25) is 5.91 Å². The van der Waals surface area contributed by atoms with Crippen molar-refractivity contribution in [1.29, 1.82) is 0 Å². The van der Waals surface area contributed by atoms with Gasteiger partial charge in [-0.05, 0) is 55.0 Å². The fraction of sp³-hybridized carbons (Fsp3) is 0.459. The van der Waals surface area contributed by atoms with Crippen LogP contribution in [0.2, 0.25) is 5.02 Å². The first kappa shape index (κ1) is 38.6. The van der Waals surface area contributed by atoms with Gasteiger partial charge in [-0.25, -0.2) is 9.36 Å². The maximum Gasteiger partial charge on any atom is 0.476 e. The Labute approximate surface area is 295 Å². The van der Waals surface area contributed by atoms with Crippen molar-refractivity contribution in [2.45, 2.75) is 78.4 Å². The molecule has 1 heterocycles. The Hall–Kier alpha value is -3.24. The summed E-state index contributed by atoms with van der Waals surface area (Å²) in [7, 11) is -4.12. The highest BCUT2D eigenvalue weighted by Gasteiger charge is 2.50. The highest BCUT2D eigenvalue weighted by atomic mass is 35.5. The topological polar surface area (TPSA) is 126 Å². The molecule has 0 spiro atoms. The van der Waals surface area contributed by atoms with Gasteiger partial charge in [-0.1, -0.05) is 112 Å². The molecule has 3 amide bonds. The van der Waals surface area contributed by atoms with Crippen LogP contribution in [0.1, 0.15) is 64.7 Å². The number of piperidine rings is 1. The van der Waals surface area contributed by atoms with Gasteiger partial charge in [0.1, 0.15) is 6.04 Å². The number of halogens is 1. The second kappa shape index (κ2) is 16.2. The molecule has 3 aromatic carbocycles. The van der Waals surface area contributed by atoms with Gasteiger partial charge in [0.05, 0.1) is 24.4 Å². The van der Waals surface area contributed by atoms with Gasteiger partial charge in [-0.15, -0.1) is 0 Å². The Morgan fingerprint density at radius 1 is 0.939 bits per heavy atom. The second-order valence-corrected chi connectivity index (χ2v) is 16.2. The Morgan fingerprint density at radius 3 is 1.96 bits per heavy atom. The van der Waals surface area contributed by atoms with Crippen LogP contribution < -0.4 is 10.6 Å². The van der Waals surface area contributed by atoms with E-state index in [1.165, 1.54) is 0 Å². The number of nitrogens with zero attached hydrogens (tertiary/aromatic N) is 1. The lowest BCUT2D eigenvalue weighted by Crippen LogP contribution is -2.61. The first-order valence-electron chi connectivity index (χ1n) is 16.5. The average Bonchev–Trinajstić information content (AvgIpc) is 3.06. The third-order valence-corrected chi connectivity index (χ3v) is 10.7. The number of nitrogens with one attached hydrogen (secondary N) is 2. The minimum absolute atomic E-state index is 0.000507. The Bertz CT molecular complexity index is 1540. The minimum atomic E-state index is -4.12. The molecule has 2 atom stereocenters.